The number of ether oxygens (including phenoxy) is 1. The van der Waals surface area contributed by atoms with Crippen molar-refractivity contribution in [1.82, 2.24) is 0 Å². The van der Waals surface area contributed by atoms with Crippen LogP contribution in [-0.4, -0.2) is 40.3 Å². The summed E-state index contributed by atoms with van der Waals surface area (Å²) in [6, 6.07) is 0. The van der Waals surface area contributed by atoms with Gasteiger partial charge in [-0.15, -0.1) is 0 Å². The molecule has 0 saturated heterocycles. The van der Waals surface area contributed by atoms with Crippen molar-refractivity contribution >= 4 is 11.8 Å². The molecule has 0 aromatic heterocycles. The maximum Gasteiger partial charge on any atom is 0.346 e. The fraction of sp³-hybridized carbons (Fsp3) is 0.862. The van der Waals surface area contributed by atoms with E-state index in [1.54, 1.807) is 13.0 Å². The number of aliphatic hydroxyl groups excluding tert-OH is 1. The fourth-order valence-electron chi connectivity index (χ4n) is 8.92. The maximum absolute atomic E-state index is 13.3. The van der Waals surface area contributed by atoms with Crippen LogP contribution in [0.15, 0.2) is 11.6 Å². The first-order valence-electron chi connectivity index (χ1n) is 13.7. The van der Waals surface area contributed by atoms with Crippen LogP contribution in [0.5, 0.6) is 0 Å². The summed E-state index contributed by atoms with van der Waals surface area (Å²) in [7, 11) is 0. The first-order valence-corrected chi connectivity index (χ1v) is 13.7. The molecular formula is C29H46O5. The van der Waals surface area contributed by atoms with Gasteiger partial charge in [0, 0.05) is 17.4 Å². The summed E-state index contributed by atoms with van der Waals surface area (Å²) >= 11 is 0. The molecule has 5 nitrogen and oxygen atoms in total. The summed E-state index contributed by atoms with van der Waals surface area (Å²) in [5.41, 5.74) is -2.10. The third-order valence-corrected chi connectivity index (χ3v) is 10.6. The molecular weight excluding hydrogens is 428 g/mol. The van der Waals surface area contributed by atoms with E-state index in [1.807, 2.05) is 6.92 Å². The fourth-order valence-corrected chi connectivity index (χ4v) is 8.92. The van der Waals surface area contributed by atoms with E-state index in [2.05, 4.69) is 27.7 Å². The van der Waals surface area contributed by atoms with Gasteiger partial charge in [-0.1, -0.05) is 53.9 Å². The number of hydrogen-bond acceptors (Lipinski definition) is 5. The van der Waals surface area contributed by atoms with Crippen molar-refractivity contribution in [1.29, 1.82) is 0 Å². The van der Waals surface area contributed by atoms with Gasteiger partial charge < -0.3 is 14.9 Å². The summed E-state index contributed by atoms with van der Waals surface area (Å²) in [4.78, 5) is 25.9. The van der Waals surface area contributed by atoms with Crippen LogP contribution >= 0.6 is 0 Å². The molecule has 3 fully saturated rings. The topological polar surface area (TPSA) is 83.8 Å². The molecule has 0 aromatic rings. The average molecular weight is 475 g/mol. The van der Waals surface area contributed by atoms with Crippen LogP contribution in [0.3, 0.4) is 0 Å². The second kappa shape index (κ2) is 9.03. The van der Waals surface area contributed by atoms with Crippen LogP contribution in [0, 0.1) is 46.3 Å². The number of esters is 1. The van der Waals surface area contributed by atoms with Crippen LogP contribution in [0.2, 0.25) is 0 Å². The molecule has 4 aliphatic rings. The highest BCUT2D eigenvalue weighted by Crippen LogP contribution is 2.68. The molecule has 0 radical (unpaired) electrons. The number of aliphatic hydroxyl groups is 2. The highest BCUT2D eigenvalue weighted by Gasteiger charge is 2.68. The molecule has 4 aliphatic carbocycles. The zero-order valence-corrected chi connectivity index (χ0v) is 22.1. The van der Waals surface area contributed by atoms with E-state index in [-0.39, 0.29) is 30.3 Å². The lowest BCUT2D eigenvalue weighted by Crippen LogP contribution is -2.53. The van der Waals surface area contributed by atoms with Gasteiger partial charge in [0.1, 0.15) is 0 Å². The highest BCUT2D eigenvalue weighted by molar-refractivity contribution is 6.18. The van der Waals surface area contributed by atoms with Gasteiger partial charge in [-0.25, -0.2) is 4.79 Å². The largest absolute Gasteiger partial charge is 0.464 e. The van der Waals surface area contributed by atoms with Crippen molar-refractivity contribution in [3.8, 4) is 0 Å². The van der Waals surface area contributed by atoms with Gasteiger partial charge in [0.15, 0.2) is 0 Å². The van der Waals surface area contributed by atoms with Crippen LogP contribution in [0.4, 0.5) is 0 Å². The van der Waals surface area contributed by atoms with Gasteiger partial charge in [-0.2, -0.15) is 0 Å². The minimum Gasteiger partial charge on any atom is -0.464 e. The normalized spacial score (nSPS) is 44.3. The molecule has 0 aromatic carbocycles. The van der Waals surface area contributed by atoms with Crippen molar-refractivity contribution in [2.45, 2.75) is 105 Å². The summed E-state index contributed by atoms with van der Waals surface area (Å²) in [6.45, 7) is 13.3. The van der Waals surface area contributed by atoms with Crippen molar-refractivity contribution < 1.29 is 24.5 Å². The molecule has 4 rings (SSSR count). The van der Waals surface area contributed by atoms with Gasteiger partial charge in [-0.3, -0.25) is 4.79 Å². The molecule has 9 atom stereocenters. The van der Waals surface area contributed by atoms with Crippen LogP contribution in [0.1, 0.15) is 92.9 Å². The predicted molar refractivity (Wildman–Crippen MR) is 132 cm³/mol. The molecule has 0 spiro atoms. The summed E-state index contributed by atoms with van der Waals surface area (Å²) in [6.07, 6.45) is 9.20. The lowest BCUT2D eigenvalue weighted by Gasteiger charge is -2.56. The summed E-state index contributed by atoms with van der Waals surface area (Å²) in [5, 5.41) is 22.5. The predicted octanol–water partition coefficient (Wildman–Crippen LogP) is 5.08. The van der Waals surface area contributed by atoms with Crippen molar-refractivity contribution in [3.05, 3.63) is 11.6 Å². The zero-order valence-electron chi connectivity index (χ0n) is 22.1. The number of ketones is 1. The van der Waals surface area contributed by atoms with E-state index < -0.39 is 28.9 Å². The molecule has 0 unspecified atom stereocenters. The number of hydrogen-bond donors (Lipinski definition) is 2. The third kappa shape index (κ3) is 3.80. The molecule has 0 aliphatic heterocycles. The lowest BCUT2D eigenvalue weighted by molar-refractivity contribution is -0.169. The Kier molecular flexibility index (Phi) is 6.87. The molecule has 34 heavy (non-hydrogen) atoms. The van der Waals surface area contributed by atoms with Gasteiger partial charge >= 0.3 is 5.97 Å². The summed E-state index contributed by atoms with van der Waals surface area (Å²) < 4.78 is 5.09. The Morgan fingerprint density at radius 1 is 1.15 bits per heavy atom. The lowest BCUT2D eigenvalue weighted by atomic mass is 9.48. The van der Waals surface area contributed by atoms with Crippen LogP contribution in [-0.2, 0) is 14.3 Å². The zero-order chi connectivity index (χ0) is 25.1. The van der Waals surface area contributed by atoms with Crippen LogP contribution in [0.25, 0.3) is 0 Å². The van der Waals surface area contributed by atoms with Crippen LogP contribution < -0.4 is 0 Å². The third-order valence-electron chi connectivity index (χ3n) is 10.6. The quantitative estimate of drug-likeness (QED) is 0.397. The Labute approximate surface area is 205 Å². The Balaban J connectivity index is 1.59. The minimum absolute atomic E-state index is 0.0653. The Hall–Kier alpha value is -1.20. The average Bonchev–Trinajstić information content (AvgIpc) is 3.21. The Morgan fingerprint density at radius 2 is 1.85 bits per heavy atom. The van der Waals surface area contributed by atoms with Gasteiger partial charge in [-0.05, 0) is 79.6 Å². The molecule has 0 heterocycles. The first kappa shape index (κ1) is 25.9. The molecule has 0 bridgehead atoms. The molecule has 5 heteroatoms. The Morgan fingerprint density at radius 3 is 2.50 bits per heavy atom. The van der Waals surface area contributed by atoms with Crippen molar-refractivity contribution in [3.63, 3.8) is 0 Å². The van der Waals surface area contributed by atoms with Gasteiger partial charge in [0.05, 0.1) is 12.7 Å². The van der Waals surface area contributed by atoms with E-state index in [0.29, 0.717) is 23.3 Å². The smallest absolute Gasteiger partial charge is 0.346 e. The first-order chi connectivity index (χ1) is 15.9. The van der Waals surface area contributed by atoms with E-state index >= 15 is 0 Å². The standard InChI is InChI=1S/C29H46O5/c1-7-34-26(32)29(33)16-28(6)21-13-14-27(5)19(18(4)10-8-9-17(2)3)11-12-20(27)24(21)23(30)15-22(28)25(29)31/h15,17-21,23-24,30,33H,7-14,16H2,1-6H3/t18-,19-,20+,21+,23+,24+,27-,28-,29+/m1/s1. The SMILES string of the molecule is CCOC(=O)[C@]1(O)C[C@@]2(C)C(=C[C@H](O)[C@H]3[C@@H]4CC[C@H]([C@H](C)CCCC(C)C)[C@@]4(C)CC[C@@H]32)C1=O. The molecule has 3 saturated carbocycles. The number of rotatable bonds is 7. The molecule has 192 valence electrons. The number of Topliss-reactive ketones (excluding diaryl/α,β-unsaturated/α-hetero) is 1. The second-order valence-corrected chi connectivity index (χ2v) is 12.9. The van der Waals surface area contributed by atoms with Crippen molar-refractivity contribution in [2.75, 3.05) is 6.61 Å². The van der Waals surface area contributed by atoms with Gasteiger partial charge in [0.25, 0.3) is 0 Å². The second-order valence-electron chi connectivity index (χ2n) is 12.9. The number of fused-ring (bicyclic) bond motifs is 5. The monoisotopic (exact) mass is 474 g/mol. The van der Waals surface area contributed by atoms with E-state index in [1.165, 1.54) is 25.7 Å². The van der Waals surface area contributed by atoms with E-state index in [9.17, 15) is 19.8 Å². The van der Waals surface area contributed by atoms with Gasteiger partial charge in [0.2, 0.25) is 11.4 Å². The molecule has 0 amide bonds. The molecule has 2 N–H and O–H groups in total. The Bertz CT molecular complexity index is 847. The number of carbonyl (C=O) groups is 2. The maximum atomic E-state index is 13.3. The van der Waals surface area contributed by atoms with E-state index in [4.69, 9.17) is 4.74 Å². The van der Waals surface area contributed by atoms with E-state index in [0.717, 1.165) is 25.2 Å². The van der Waals surface area contributed by atoms with Crippen molar-refractivity contribution in [2.24, 2.45) is 46.3 Å². The number of carbonyl (C=O) groups excluding carboxylic acids is 2. The highest BCUT2D eigenvalue weighted by atomic mass is 16.5. The summed E-state index contributed by atoms with van der Waals surface area (Å²) in [5.74, 6) is 1.23. The minimum atomic E-state index is -2.13.